The third-order valence-corrected chi connectivity index (χ3v) is 4.55. The first-order chi connectivity index (χ1) is 12.4. The standard InChI is InChI=1S/C19H26FN3O3/c1-3-10-21-17(24)13(2)22-18(25)14-8-11-23(12-9-14)19(26)15-4-6-16(20)7-5-15/h4-7,13-14H,3,8-12H2,1-2H3,(H,21,24)(H,22,25)/t13-/m0/s1. The number of carbonyl (C=O) groups is 3. The number of nitrogens with one attached hydrogen (secondary N) is 2. The molecule has 0 saturated carbocycles. The molecule has 1 aliphatic rings. The summed E-state index contributed by atoms with van der Waals surface area (Å²) in [6, 6.07) is 4.88. The number of benzene rings is 1. The summed E-state index contributed by atoms with van der Waals surface area (Å²) in [4.78, 5) is 38.3. The minimum atomic E-state index is -0.576. The molecule has 6 nitrogen and oxygen atoms in total. The highest BCUT2D eigenvalue weighted by Crippen LogP contribution is 2.19. The first kappa shape index (κ1) is 19.9. The van der Waals surface area contributed by atoms with Crippen LogP contribution in [0.25, 0.3) is 0 Å². The number of carbonyl (C=O) groups excluding carboxylic acids is 3. The number of hydrogen-bond acceptors (Lipinski definition) is 3. The van der Waals surface area contributed by atoms with E-state index in [1.54, 1.807) is 11.8 Å². The van der Waals surface area contributed by atoms with E-state index in [1.807, 2.05) is 6.92 Å². The van der Waals surface area contributed by atoms with Gasteiger partial charge in [-0.2, -0.15) is 0 Å². The lowest BCUT2D eigenvalue weighted by Gasteiger charge is -2.32. The van der Waals surface area contributed by atoms with E-state index < -0.39 is 6.04 Å². The number of rotatable bonds is 6. The Hall–Kier alpha value is -2.44. The molecular weight excluding hydrogens is 337 g/mol. The largest absolute Gasteiger partial charge is 0.354 e. The van der Waals surface area contributed by atoms with E-state index in [0.717, 1.165) is 6.42 Å². The predicted octanol–water partition coefficient (Wildman–Crippen LogP) is 1.71. The molecule has 2 rings (SSSR count). The fourth-order valence-electron chi connectivity index (χ4n) is 2.92. The van der Waals surface area contributed by atoms with Crippen molar-refractivity contribution in [2.75, 3.05) is 19.6 Å². The Bertz CT molecular complexity index is 640. The van der Waals surface area contributed by atoms with E-state index in [-0.39, 0.29) is 29.5 Å². The third-order valence-electron chi connectivity index (χ3n) is 4.55. The first-order valence-electron chi connectivity index (χ1n) is 9.05. The summed E-state index contributed by atoms with van der Waals surface area (Å²) in [5.74, 6) is -1.10. The van der Waals surface area contributed by atoms with Crippen LogP contribution in [0, 0.1) is 11.7 Å². The van der Waals surface area contributed by atoms with Gasteiger partial charge < -0.3 is 15.5 Å². The van der Waals surface area contributed by atoms with Crippen LogP contribution in [0.2, 0.25) is 0 Å². The van der Waals surface area contributed by atoms with E-state index >= 15 is 0 Å². The average Bonchev–Trinajstić information content (AvgIpc) is 2.66. The molecule has 0 bridgehead atoms. The van der Waals surface area contributed by atoms with E-state index in [9.17, 15) is 18.8 Å². The summed E-state index contributed by atoms with van der Waals surface area (Å²) in [7, 11) is 0. The van der Waals surface area contributed by atoms with E-state index in [0.29, 0.717) is 38.0 Å². The van der Waals surface area contributed by atoms with Crippen LogP contribution in [0.5, 0.6) is 0 Å². The van der Waals surface area contributed by atoms with Crippen molar-refractivity contribution in [1.82, 2.24) is 15.5 Å². The fourth-order valence-corrected chi connectivity index (χ4v) is 2.92. The van der Waals surface area contributed by atoms with Crippen LogP contribution in [0.3, 0.4) is 0 Å². The molecule has 0 aliphatic carbocycles. The molecule has 0 unspecified atom stereocenters. The van der Waals surface area contributed by atoms with E-state index in [4.69, 9.17) is 0 Å². The Morgan fingerprint density at radius 1 is 1.19 bits per heavy atom. The molecule has 1 aliphatic heterocycles. The van der Waals surface area contributed by atoms with Gasteiger partial charge in [0, 0.05) is 31.1 Å². The maximum absolute atomic E-state index is 13.0. The van der Waals surface area contributed by atoms with Gasteiger partial charge in [-0.05, 0) is 50.5 Å². The van der Waals surface area contributed by atoms with Gasteiger partial charge in [-0.15, -0.1) is 0 Å². The lowest BCUT2D eigenvalue weighted by molar-refractivity contribution is -0.131. The molecule has 1 atom stereocenters. The van der Waals surface area contributed by atoms with Crippen molar-refractivity contribution in [3.05, 3.63) is 35.6 Å². The summed E-state index contributed by atoms with van der Waals surface area (Å²) >= 11 is 0. The molecule has 0 aromatic heterocycles. The average molecular weight is 363 g/mol. The Kier molecular flexibility index (Phi) is 7.12. The summed E-state index contributed by atoms with van der Waals surface area (Å²) in [6.07, 6.45) is 1.93. The minimum Gasteiger partial charge on any atom is -0.354 e. The zero-order chi connectivity index (χ0) is 19.1. The molecule has 3 amide bonds. The van der Waals surface area contributed by atoms with E-state index in [2.05, 4.69) is 10.6 Å². The lowest BCUT2D eigenvalue weighted by atomic mass is 9.95. The van der Waals surface area contributed by atoms with Crippen molar-refractivity contribution in [2.45, 2.75) is 39.2 Å². The number of piperidine rings is 1. The molecule has 0 radical (unpaired) electrons. The fraction of sp³-hybridized carbons (Fsp3) is 0.526. The van der Waals surface area contributed by atoms with Crippen LogP contribution in [0.4, 0.5) is 4.39 Å². The molecule has 1 aromatic rings. The van der Waals surface area contributed by atoms with Crippen LogP contribution in [-0.2, 0) is 9.59 Å². The number of halogens is 1. The molecule has 2 N–H and O–H groups in total. The SMILES string of the molecule is CCCNC(=O)[C@H](C)NC(=O)C1CCN(C(=O)c2ccc(F)cc2)CC1. The van der Waals surface area contributed by atoms with Gasteiger partial charge in [0.25, 0.3) is 5.91 Å². The third kappa shape index (κ3) is 5.28. The van der Waals surface area contributed by atoms with Gasteiger partial charge in [0.2, 0.25) is 11.8 Å². The summed E-state index contributed by atoms with van der Waals surface area (Å²) < 4.78 is 13.0. The van der Waals surface area contributed by atoms with Crippen LogP contribution < -0.4 is 10.6 Å². The maximum atomic E-state index is 13.0. The van der Waals surface area contributed by atoms with Crippen LogP contribution in [0.15, 0.2) is 24.3 Å². The molecule has 1 fully saturated rings. The van der Waals surface area contributed by atoms with Crippen molar-refractivity contribution in [3.8, 4) is 0 Å². The second-order valence-electron chi connectivity index (χ2n) is 6.59. The Morgan fingerprint density at radius 2 is 1.81 bits per heavy atom. The normalized spacial score (nSPS) is 16.0. The van der Waals surface area contributed by atoms with Crippen LogP contribution >= 0.6 is 0 Å². The smallest absolute Gasteiger partial charge is 0.253 e. The van der Waals surface area contributed by atoms with Crippen molar-refractivity contribution in [3.63, 3.8) is 0 Å². The molecular formula is C19H26FN3O3. The van der Waals surface area contributed by atoms with Gasteiger partial charge in [-0.25, -0.2) is 4.39 Å². The first-order valence-corrected chi connectivity index (χ1v) is 9.05. The van der Waals surface area contributed by atoms with Gasteiger partial charge in [0.1, 0.15) is 11.9 Å². The maximum Gasteiger partial charge on any atom is 0.253 e. The molecule has 142 valence electrons. The van der Waals surface area contributed by atoms with Gasteiger partial charge in [0.15, 0.2) is 0 Å². The topological polar surface area (TPSA) is 78.5 Å². The molecule has 1 aromatic carbocycles. The van der Waals surface area contributed by atoms with Gasteiger partial charge in [-0.1, -0.05) is 6.92 Å². The van der Waals surface area contributed by atoms with Crippen molar-refractivity contribution >= 4 is 17.7 Å². The van der Waals surface area contributed by atoms with Crippen molar-refractivity contribution < 1.29 is 18.8 Å². The summed E-state index contributed by atoms with van der Waals surface area (Å²) in [5.41, 5.74) is 0.440. The number of amides is 3. The molecule has 26 heavy (non-hydrogen) atoms. The highest BCUT2D eigenvalue weighted by Gasteiger charge is 2.29. The van der Waals surface area contributed by atoms with Crippen molar-refractivity contribution in [2.24, 2.45) is 5.92 Å². The highest BCUT2D eigenvalue weighted by atomic mass is 19.1. The molecule has 0 spiro atoms. The zero-order valence-corrected chi connectivity index (χ0v) is 15.3. The predicted molar refractivity (Wildman–Crippen MR) is 95.9 cm³/mol. The van der Waals surface area contributed by atoms with Crippen molar-refractivity contribution in [1.29, 1.82) is 0 Å². The quantitative estimate of drug-likeness (QED) is 0.808. The van der Waals surface area contributed by atoms with Crippen LogP contribution in [0.1, 0.15) is 43.5 Å². The van der Waals surface area contributed by atoms with Gasteiger partial charge in [0.05, 0.1) is 0 Å². The molecule has 7 heteroatoms. The lowest BCUT2D eigenvalue weighted by Crippen LogP contribution is -2.49. The Labute approximate surface area is 153 Å². The zero-order valence-electron chi connectivity index (χ0n) is 15.3. The number of likely N-dealkylation sites (tertiary alicyclic amines) is 1. The summed E-state index contributed by atoms with van der Waals surface area (Å²) in [6.45, 7) is 5.14. The second-order valence-corrected chi connectivity index (χ2v) is 6.59. The highest BCUT2D eigenvalue weighted by molar-refractivity contribution is 5.94. The van der Waals surface area contributed by atoms with E-state index in [1.165, 1.54) is 24.3 Å². The molecule has 1 heterocycles. The Balaban J connectivity index is 1.81. The second kappa shape index (κ2) is 9.31. The Morgan fingerprint density at radius 3 is 2.38 bits per heavy atom. The minimum absolute atomic E-state index is 0.155. The van der Waals surface area contributed by atoms with Crippen LogP contribution in [-0.4, -0.2) is 48.3 Å². The number of hydrogen-bond donors (Lipinski definition) is 2. The number of nitrogens with zero attached hydrogens (tertiary/aromatic N) is 1. The van der Waals surface area contributed by atoms with Gasteiger partial charge >= 0.3 is 0 Å². The molecule has 1 saturated heterocycles. The monoisotopic (exact) mass is 363 g/mol. The van der Waals surface area contributed by atoms with Gasteiger partial charge in [-0.3, -0.25) is 14.4 Å². The summed E-state index contributed by atoms with van der Waals surface area (Å²) in [5, 5.41) is 5.50.